The normalized spacial score (nSPS) is 14.4. The Morgan fingerprint density at radius 1 is 0.827 bits per heavy atom. The number of allylic oxidation sites excluding steroid dienone is 1. The number of benzene rings is 2. The van der Waals surface area contributed by atoms with Gasteiger partial charge in [-0.25, -0.2) is 29.5 Å². The predicted molar refractivity (Wildman–Crippen MR) is 297 cm³/mol. The third kappa shape index (κ3) is 17.1. The molecule has 21 heteroatoms. The SMILES string of the molecule is Cc1cc(-c2ccnc(NC(C=NCCO)=CN)n2)ccc1CNC(=O)N1CC(OC(C)C)C1.Cc1cc(-c2ccnc(Nc3cnn(CCO[Si](C)(C)C(C)(C)C)c3)n2)ccc1CNC(=O)N1CC(OC(C)C)C1. The van der Waals surface area contributed by atoms with Gasteiger partial charge in [0.2, 0.25) is 11.9 Å². The van der Waals surface area contributed by atoms with Crippen LogP contribution >= 0.6 is 0 Å². The summed E-state index contributed by atoms with van der Waals surface area (Å²) in [5.74, 6) is 0.885. The third-order valence-corrected chi connectivity index (χ3v) is 17.6. The molecule has 0 saturated carbocycles. The fourth-order valence-corrected chi connectivity index (χ4v) is 8.77. The number of nitrogens with two attached hydrogens (primary N) is 1. The summed E-state index contributed by atoms with van der Waals surface area (Å²) in [5.41, 5.74) is 14.7. The molecule has 2 aliphatic heterocycles. The molecule has 0 unspecified atom stereocenters. The standard InChI is InChI=1S/C30H45N7O3Si.C24H33N7O3/c1-21(2)40-26-19-36(20-26)29(38)32-16-24-10-9-23(15-22(24)3)27-11-12-31-28(35-27)34-25-17-33-37(18-25)13-14-39-41(7,8)30(4,5)6;1-16(2)34-21-14-31(15-21)24(33)28-12-19-5-4-18(10-17(19)3)22-6-7-27-23(30-22)29-20(11-25)13-26-8-9-32/h9-12,15,17-18,21,26H,13-14,16,19-20H2,1-8H3,(H,32,38)(H,31,34,35);4-7,10-11,13,16,21,32H,8-9,12,14-15,25H2,1-3H3,(H,28,33)(H,27,29,30). The van der Waals surface area contributed by atoms with Crippen LogP contribution in [-0.4, -0.2) is 142 Å². The van der Waals surface area contributed by atoms with Crippen LogP contribution in [0.1, 0.15) is 70.7 Å². The number of aliphatic hydroxyl groups is 1. The minimum atomic E-state index is -1.78. The highest BCUT2D eigenvalue weighted by Crippen LogP contribution is 2.36. The summed E-state index contributed by atoms with van der Waals surface area (Å²) in [6, 6.07) is 15.7. The molecular formula is C54H78N14O6Si. The first-order valence-electron chi connectivity index (χ1n) is 25.7. The molecule has 2 aromatic carbocycles. The van der Waals surface area contributed by atoms with Gasteiger partial charge in [0.25, 0.3) is 0 Å². The Morgan fingerprint density at radius 2 is 1.35 bits per heavy atom. The van der Waals surface area contributed by atoms with Gasteiger partial charge in [0.05, 0.1) is 106 Å². The number of aromatic nitrogens is 6. The Morgan fingerprint density at radius 3 is 1.83 bits per heavy atom. The van der Waals surface area contributed by atoms with Crippen LogP contribution in [0, 0.1) is 13.8 Å². The maximum atomic E-state index is 12.5. The van der Waals surface area contributed by atoms with Gasteiger partial charge in [-0.2, -0.15) is 5.10 Å². The Bertz CT molecular complexity index is 2730. The van der Waals surface area contributed by atoms with Crippen LogP contribution in [0.2, 0.25) is 18.1 Å². The molecule has 0 aliphatic carbocycles. The van der Waals surface area contributed by atoms with E-state index in [9.17, 15) is 9.59 Å². The van der Waals surface area contributed by atoms with Gasteiger partial charge in [-0.05, 0) is 106 Å². The van der Waals surface area contributed by atoms with Crippen LogP contribution in [0.25, 0.3) is 22.5 Å². The average Bonchev–Trinajstić information content (AvgIpc) is 3.78. The summed E-state index contributed by atoms with van der Waals surface area (Å²) in [5, 5.41) is 25.8. The number of carbonyl (C=O) groups excluding carboxylic acids is 2. The zero-order valence-corrected chi connectivity index (χ0v) is 46.6. The highest BCUT2D eigenvalue weighted by Gasteiger charge is 2.37. The summed E-state index contributed by atoms with van der Waals surface area (Å²) in [6.07, 6.45) is 10.6. The molecule has 20 nitrogen and oxygen atoms in total. The first kappa shape index (κ1) is 57.5. The molecule has 0 bridgehead atoms. The van der Waals surface area contributed by atoms with Crippen molar-refractivity contribution in [2.24, 2.45) is 10.7 Å². The van der Waals surface area contributed by atoms with Crippen molar-refractivity contribution in [2.45, 2.75) is 124 Å². The molecule has 3 aromatic heterocycles. The van der Waals surface area contributed by atoms with E-state index in [0.717, 1.165) is 50.5 Å². The number of aliphatic imine (C=N–C) groups is 1. The number of ether oxygens (including phenoxy) is 2. The molecule has 7 rings (SSSR count). The number of anilines is 3. The Balaban J connectivity index is 0.000000248. The van der Waals surface area contributed by atoms with Crippen molar-refractivity contribution in [1.82, 2.24) is 50.1 Å². The fraction of sp³-hybridized carbons (Fsp3) is 0.481. The van der Waals surface area contributed by atoms with Crippen LogP contribution in [0.3, 0.4) is 0 Å². The quantitative estimate of drug-likeness (QED) is 0.0304. The second-order valence-corrected chi connectivity index (χ2v) is 25.6. The number of amides is 4. The van der Waals surface area contributed by atoms with Crippen molar-refractivity contribution >= 4 is 44.2 Å². The van der Waals surface area contributed by atoms with E-state index in [1.165, 1.54) is 12.4 Å². The smallest absolute Gasteiger partial charge is 0.317 e. The lowest BCUT2D eigenvalue weighted by Crippen LogP contribution is -2.58. The minimum Gasteiger partial charge on any atom is -0.415 e. The molecule has 2 fully saturated rings. The Labute approximate surface area is 443 Å². The molecule has 0 spiro atoms. The summed E-state index contributed by atoms with van der Waals surface area (Å²) in [6.45, 7) is 28.3. The van der Waals surface area contributed by atoms with Crippen LogP contribution in [-0.2, 0) is 33.5 Å². The first-order chi connectivity index (χ1) is 35.7. The monoisotopic (exact) mass is 1050 g/mol. The topological polar surface area (TPSA) is 244 Å². The number of rotatable bonds is 21. The lowest BCUT2D eigenvalue weighted by molar-refractivity contribution is -0.0642. The van der Waals surface area contributed by atoms with Gasteiger partial charge in [0.15, 0.2) is 8.32 Å². The van der Waals surface area contributed by atoms with Gasteiger partial charge >= 0.3 is 12.1 Å². The van der Waals surface area contributed by atoms with E-state index >= 15 is 0 Å². The van der Waals surface area contributed by atoms with Crippen LogP contribution in [0.15, 0.2) is 90.2 Å². The van der Waals surface area contributed by atoms with E-state index in [2.05, 4.69) is 86.2 Å². The third-order valence-electron chi connectivity index (χ3n) is 13.0. The molecule has 0 radical (unpaired) electrons. The number of hydrogen-bond acceptors (Lipinski definition) is 15. The van der Waals surface area contributed by atoms with Gasteiger partial charge in [-0.3, -0.25) is 9.67 Å². The van der Waals surface area contributed by atoms with E-state index < -0.39 is 8.32 Å². The van der Waals surface area contributed by atoms with Crippen molar-refractivity contribution in [3.05, 3.63) is 107 Å². The molecular weight excluding hydrogens is 969 g/mol. The first-order valence-corrected chi connectivity index (χ1v) is 28.6. The average molecular weight is 1050 g/mol. The Kier molecular flexibility index (Phi) is 20.4. The zero-order chi connectivity index (χ0) is 54.3. The minimum absolute atomic E-state index is 0.0364. The molecule has 0 atom stereocenters. The van der Waals surface area contributed by atoms with Gasteiger partial charge in [0.1, 0.15) is 0 Å². The number of hydrogen-bond donors (Lipinski definition) is 6. The van der Waals surface area contributed by atoms with Crippen molar-refractivity contribution in [2.75, 3.05) is 56.6 Å². The zero-order valence-electron chi connectivity index (χ0n) is 45.6. The van der Waals surface area contributed by atoms with E-state index in [1.807, 2.05) is 94.9 Å². The van der Waals surface area contributed by atoms with Crippen molar-refractivity contribution in [1.29, 1.82) is 0 Å². The van der Waals surface area contributed by atoms with Crippen molar-refractivity contribution in [3.8, 4) is 22.5 Å². The molecule has 2 aliphatic rings. The van der Waals surface area contributed by atoms with Gasteiger partial charge in [-0.15, -0.1) is 0 Å². The predicted octanol–water partition coefficient (Wildman–Crippen LogP) is 7.78. The second-order valence-electron chi connectivity index (χ2n) is 20.8. The number of carbonyl (C=O) groups is 2. The number of aryl methyl sites for hydroxylation is 2. The van der Waals surface area contributed by atoms with Crippen LogP contribution < -0.4 is 27.0 Å². The van der Waals surface area contributed by atoms with Gasteiger partial charge < -0.3 is 55.8 Å². The molecule has 4 amide bonds. The van der Waals surface area contributed by atoms with E-state index in [4.69, 9.17) is 29.7 Å². The molecule has 7 N–H and O–H groups in total. The summed E-state index contributed by atoms with van der Waals surface area (Å²) < 4.78 is 19.6. The molecule has 5 heterocycles. The van der Waals surface area contributed by atoms with Crippen molar-refractivity contribution < 1.29 is 28.6 Å². The lowest BCUT2D eigenvalue weighted by atomic mass is 10.0. The summed E-state index contributed by atoms with van der Waals surface area (Å²) in [7, 11) is -1.78. The highest BCUT2D eigenvalue weighted by molar-refractivity contribution is 6.74. The Hall–Kier alpha value is -6.78. The number of nitrogens with zero attached hydrogens (tertiary/aromatic N) is 9. The number of aliphatic hydroxyl groups excluding tert-OH is 1. The second kappa shape index (κ2) is 26.6. The highest BCUT2D eigenvalue weighted by atomic mass is 28.4. The maximum absolute atomic E-state index is 12.5. The molecule has 5 aromatic rings. The van der Waals surface area contributed by atoms with E-state index in [1.54, 1.807) is 28.4 Å². The number of urea groups is 2. The largest absolute Gasteiger partial charge is 0.415 e. The van der Waals surface area contributed by atoms with Gasteiger partial charge in [-0.1, -0.05) is 45.0 Å². The summed E-state index contributed by atoms with van der Waals surface area (Å²) >= 11 is 0. The van der Waals surface area contributed by atoms with E-state index in [-0.39, 0.29) is 54.7 Å². The lowest BCUT2D eigenvalue weighted by Gasteiger charge is -2.39. The molecule has 404 valence electrons. The fourth-order valence-electron chi connectivity index (χ4n) is 7.74. The van der Waals surface area contributed by atoms with Crippen molar-refractivity contribution in [3.63, 3.8) is 0 Å². The summed E-state index contributed by atoms with van der Waals surface area (Å²) in [4.78, 5) is 50.3. The number of likely N-dealkylation sites (tertiary alicyclic amines) is 2. The number of nitrogens with one attached hydrogen (secondary N) is 4. The van der Waals surface area contributed by atoms with Crippen LogP contribution in [0.4, 0.5) is 27.2 Å². The van der Waals surface area contributed by atoms with Crippen LogP contribution in [0.5, 0.6) is 0 Å². The van der Waals surface area contributed by atoms with Gasteiger partial charge in [0, 0.05) is 55.2 Å². The maximum Gasteiger partial charge on any atom is 0.317 e. The molecule has 2 saturated heterocycles. The van der Waals surface area contributed by atoms with E-state index in [0.29, 0.717) is 70.0 Å². The molecule has 75 heavy (non-hydrogen) atoms.